The molecule has 2 heterocycles. The fourth-order valence-electron chi connectivity index (χ4n) is 3.24. The molecule has 0 aromatic heterocycles. The summed E-state index contributed by atoms with van der Waals surface area (Å²) in [7, 11) is 0. The van der Waals surface area contributed by atoms with Crippen LogP contribution in [-0.2, 0) is 9.47 Å². The van der Waals surface area contributed by atoms with E-state index in [1.807, 2.05) is 6.92 Å². The zero-order valence-corrected chi connectivity index (χ0v) is 15.6. The van der Waals surface area contributed by atoms with Crippen LogP contribution in [0.25, 0.3) is 0 Å². The third-order valence-electron chi connectivity index (χ3n) is 4.84. The van der Waals surface area contributed by atoms with Crippen LogP contribution < -0.4 is 0 Å². The van der Waals surface area contributed by atoms with Gasteiger partial charge in [0.15, 0.2) is 0 Å². The Hall–Kier alpha value is -0.370. The van der Waals surface area contributed by atoms with E-state index in [1.165, 1.54) is 0 Å². The maximum Gasteiger partial charge on any atom is 0.272 e. The molecule has 2 saturated heterocycles. The van der Waals surface area contributed by atoms with Crippen molar-refractivity contribution in [3.05, 3.63) is 0 Å². The van der Waals surface area contributed by atoms with Crippen LogP contribution in [0.4, 0.5) is 13.2 Å². The zero-order chi connectivity index (χ0) is 18.3. The number of halogens is 3. The molecule has 0 radical (unpaired) electrons. The summed E-state index contributed by atoms with van der Waals surface area (Å²) in [6, 6.07) is 0. The Morgan fingerprint density at radius 3 is 1.84 bits per heavy atom. The van der Waals surface area contributed by atoms with Gasteiger partial charge >= 0.3 is 0 Å². The molecule has 2 unspecified atom stereocenters. The summed E-state index contributed by atoms with van der Waals surface area (Å²) in [5.41, 5.74) is 0. The lowest BCUT2D eigenvalue weighted by Gasteiger charge is -2.38. The second-order valence-corrected chi connectivity index (χ2v) is 7.57. The smallest absolute Gasteiger partial charge is 0.272 e. The Morgan fingerprint density at radius 1 is 0.920 bits per heavy atom. The first kappa shape index (κ1) is 20.9. The SMILES string of the molecule is CC(CCC(C)OCCCN1CC(F)(F)C1)OCCCN1CC(F)C1. The molecule has 7 heteroatoms. The molecule has 2 aliphatic rings. The highest BCUT2D eigenvalue weighted by Crippen LogP contribution is 2.26. The van der Waals surface area contributed by atoms with E-state index in [2.05, 4.69) is 11.8 Å². The quantitative estimate of drug-likeness (QED) is 0.468. The summed E-state index contributed by atoms with van der Waals surface area (Å²) in [6.45, 7) is 7.97. The summed E-state index contributed by atoms with van der Waals surface area (Å²) in [5, 5.41) is 0. The van der Waals surface area contributed by atoms with Gasteiger partial charge in [0.2, 0.25) is 0 Å². The summed E-state index contributed by atoms with van der Waals surface area (Å²) in [6.07, 6.45) is 3.33. The molecule has 2 aliphatic heterocycles. The fourth-order valence-corrected chi connectivity index (χ4v) is 3.24. The molecule has 0 amide bonds. The molecule has 148 valence electrons. The van der Waals surface area contributed by atoms with Gasteiger partial charge in [0, 0.05) is 39.4 Å². The highest BCUT2D eigenvalue weighted by Gasteiger charge is 2.43. The van der Waals surface area contributed by atoms with Crippen molar-refractivity contribution >= 4 is 0 Å². The van der Waals surface area contributed by atoms with E-state index in [9.17, 15) is 13.2 Å². The van der Waals surface area contributed by atoms with E-state index >= 15 is 0 Å². The molecular weight excluding hydrogens is 333 g/mol. The summed E-state index contributed by atoms with van der Waals surface area (Å²) >= 11 is 0. The lowest BCUT2D eigenvalue weighted by Crippen LogP contribution is -2.56. The van der Waals surface area contributed by atoms with Crippen LogP contribution in [0.2, 0.25) is 0 Å². The van der Waals surface area contributed by atoms with Crippen LogP contribution >= 0.6 is 0 Å². The fraction of sp³-hybridized carbons (Fsp3) is 1.00. The van der Waals surface area contributed by atoms with Crippen LogP contribution in [-0.4, -0.2) is 86.6 Å². The number of hydrogen-bond donors (Lipinski definition) is 0. The molecule has 2 fully saturated rings. The van der Waals surface area contributed by atoms with Crippen molar-refractivity contribution in [2.75, 3.05) is 52.5 Å². The first-order valence-corrected chi connectivity index (χ1v) is 9.54. The minimum Gasteiger partial charge on any atom is -0.378 e. The van der Waals surface area contributed by atoms with Crippen molar-refractivity contribution in [3.8, 4) is 0 Å². The van der Waals surface area contributed by atoms with Gasteiger partial charge in [0.05, 0.1) is 25.3 Å². The van der Waals surface area contributed by atoms with Crippen LogP contribution in [0, 0.1) is 0 Å². The van der Waals surface area contributed by atoms with Gasteiger partial charge in [-0.15, -0.1) is 0 Å². The van der Waals surface area contributed by atoms with Crippen molar-refractivity contribution < 1.29 is 22.6 Å². The number of rotatable bonds is 13. The molecule has 0 aromatic carbocycles. The first-order chi connectivity index (χ1) is 11.8. The van der Waals surface area contributed by atoms with Gasteiger partial charge in [-0.2, -0.15) is 0 Å². The Balaban J connectivity index is 1.36. The van der Waals surface area contributed by atoms with Crippen molar-refractivity contribution in [1.29, 1.82) is 0 Å². The molecule has 0 spiro atoms. The van der Waals surface area contributed by atoms with Crippen LogP contribution in [0.15, 0.2) is 0 Å². The molecule has 0 aromatic rings. The predicted molar refractivity (Wildman–Crippen MR) is 92.0 cm³/mol. The van der Waals surface area contributed by atoms with E-state index in [-0.39, 0.29) is 25.3 Å². The number of ether oxygens (including phenoxy) is 2. The second-order valence-electron chi connectivity index (χ2n) is 7.57. The standard InChI is InChI=1S/C18H33F3N2O2/c1-15(24-9-3-7-22-11-17(19)12-22)5-6-16(2)25-10-4-8-23-13-18(20,21)14-23/h15-17H,3-14H2,1-2H3. The Labute approximate surface area is 149 Å². The predicted octanol–water partition coefficient (Wildman–Crippen LogP) is 2.96. The minimum atomic E-state index is -2.48. The molecular formula is C18H33F3N2O2. The molecule has 0 N–H and O–H groups in total. The van der Waals surface area contributed by atoms with E-state index in [0.29, 0.717) is 32.8 Å². The van der Waals surface area contributed by atoms with Crippen molar-refractivity contribution in [2.45, 2.75) is 63.8 Å². The van der Waals surface area contributed by atoms with Crippen molar-refractivity contribution in [1.82, 2.24) is 9.80 Å². The first-order valence-electron chi connectivity index (χ1n) is 9.54. The van der Waals surface area contributed by atoms with Crippen molar-refractivity contribution in [3.63, 3.8) is 0 Å². The van der Waals surface area contributed by atoms with E-state index < -0.39 is 12.1 Å². The van der Waals surface area contributed by atoms with Gasteiger partial charge in [-0.3, -0.25) is 9.80 Å². The van der Waals surface area contributed by atoms with Gasteiger partial charge in [-0.1, -0.05) is 0 Å². The Morgan fingerprint density at radius 2 is 1.40 bits per heavy atom. The normalized spacial score (nSPS) is 23.9. The van der Waals surface area contributed by atoms with Gasteiger partial charge in [0.1, 0.15) is 6.17 Å². The topological polar surface area (TPSA) is 24.9 Å². The van der Waals surface area contributed by atoms with E-state index in [1.54, 1.807) is 4.90 Å². The monoisotopic (exact) mass is 366 g/mol. The number of hydrogen-bond acceptors (Lipinski definition) is 4. The van der Waals surface area contributed by atoms with Gasteiger partial charge < -0.3 is 9.47 Å². The average Bonchev–Trinajstić information content (AvgIpc) is 2.49. The maximum absolute atomic E-state index is 12.7. The largest absolute Gasteiger partial charge is 0.378 e. The number of likely N-dealkylation sites (tertiary alicyclic amines) is 2. The average molecular weight is 366 g/mol. The molecule has 2 rings (SSSR count). The third-order valence-corrected chi connectivity index (χ3v) is 4.84. The van der Waals surface area contributed by atoms with E-state index in [0.717, 1.165) is 32.2 Å². The minimum absolute atomic E-state index is 0.108. The van der Waals surface area contributed by atoms with Gasteiger partial charge in [0.25, 0.3) is 5.92 Å². The van der Waals surface area contributed by atoms with Crippen molar-refractivity contribution in [2.24, 2.45) is 0 Å². The van der Waals surface area contributed by atoms with Gasteiger partial charge in [-0.25, -0.2) is 13.2 Å². The molecule has 25 heavy (non-hydrogen) atoms. The van der Waals surface area contributed by atoms with E-state index in [4.69, 9.17) is 9.47 Å². The lowest BCUT2D eigenvalue weighted by molar-refractivity contribution is -0.131. The molecule has 2 atom stereocenters. The molecule has 4 nitrogen and oxygen atoms in total. The van der Waals surface area contributed by atoms with Crippen LogP contribution in [0.3, 0.4) is 0 Å². The van der Waals surface area contributed by atoms with Crippen LogP contribution in [0.5, 0.6) is 0 Å². The Kier molecular flexibility index (Phi) is 8.45. The molecule has 0 saturated carbocycles. The highest BCUT2D eigenvalue weighted by atomic mass is 19.3. The Bertz CT molecular complexity index is 373. The summed E-state index contributed by atoms with van der Waals surface area (Å²) in [4.78, 5) is 3.87. The number of alkyl halides is 3. The highest BCUT2D eigenvalue weighted by molar-refractivity contribution is 4.86. The second kappa shape index (κ2) is 10.1. The zero-order valence-electron chi connectivity index (χ0n) is 15.6. The number of nitrogens with zero attached hydrogens (tertiary/aromatic N) is 2. The molecule has 0 bridgehead atoms. The van der Waals surface area contributed by atoms with Crippen LogP contribution in [0.1, 0.15) is 39.5 Å². The summed E-state index contributed by atoms with van der Waals surface area (Å²) < 4.78 is 49.6. The third kappa shape index (κ3) is 8.24. The lowest BCUT2D eigenvalue weighted by atomic mass is 10.1. The molecule has 0 aliphatic carbocycles. The maximum atomic E-state index is 12.7. The van der Waals surface area contributed by atoms with Gasteiger partial charge in [-0.05, 0) is 39.5 Å². The summed E-state index contributed by atoms with van der Waals surface area (Å²) in [5.74, 6) is -2.48.